The second kappa shape index (κ2) is 4.26. The van der Waals surface area contributed by atoms with Crippen molar-refractivity contribution in [1.82, 2.24) is 5.32 Å². The molecule has 0 aliphatic carbocycles. The van der Waals surface area contributed by atoms with E-state index in [9.17, 15) is 4.39 Å². The average Bonchev–Trinajstić information content (AvgIpc) is 2.23. The summed E-state index contributed by atoms with van der Waals surface area (Å²) in [6, 6.07) is 4.49. The molecule has 0 spiro atoms. The summed E-state index contributed by atoms with van der Waals surface area (Å²) in [4.78, 5) is 0. The second-order valence-electron chi connectivity index (χ2n) is 3.25. The molecule has 1 saturated heterocycles. The van der Waals surface area contributed by atoms with Gasteiger partial charge in [0.25, 0.3) is 0 Å². The van der Waals surface area contributed by atoms with Gasteiger partial charge in [0, 0.05) is 17.1 Å². The van der Waals surface area contributed by atoms with Crippen LogP contribution in [0.3, 0.4) is 0 Å². The minimum Gasteiger partial charge on any atom is -0.378 e. The molecule has 1 atom stereocenters. The third-order valence-electron chi connectivity index (χ3n) is 2.26. The SMILES string of the molecule is Fc1ccc(Cl)cc1C1COCCN1. The van der Waals surface area contributed by atoms with E-state index in [1.165, 1.54) is 6.07 Å². The number of hydrogen-bond acceptors (Lipinski definition) is 2. The maximum Gasteiger partial charge on any atom is 0.128 e. The van der Waals surface area contributed by atoms with E-state index in [0.717, 1.165) is 6.54 Å². The molecule has 0 bridgehead atoms. The molecule has 4 heteroatoms. The first-order valence-corrected chi connectivity index (χ1v) is 4.91. The molecule has 1 unspecified atom stereocenters. The van der Waals surface area contributed by atoms with Gasteiger partial charge in [-0.25, -0.2) is 4.39 Å². The Labute approximate surface area is 87.0 Å². The van der Waals surface area contributed by atoms with E-state index >= 15 is 0 Å². The Balaban J connectivity index is 2.24. The van der Waals surface area contributed by atoms with Crippen LogP contribution < -0.4 is 5.32 Å². The van der Waals surface area contributed by atoms with Crippen molar-refractivity contribution >= 4 is 11.6 Å². The van der Waals surface area contributed by atoms with E-state index in [-0.39, 0.29) is 11.9 Å². The maximum atomic E-state index is 13.4. The first-order valence-electron chi connectivity index (χ1n) is 4.53. The highest BCUT2D eigenvalue weighted by Crippen LogP contribution is 2.22. The largest absolute Gasteiger partial charge is 0.378 e. The van der Waals surface area contributed by atoms with Crippen LogP contribution in [0.5, 0.6) is 0 Å². The van der Waals surface area contributed by atoms with E-state index in [0.29, 0.717) is 23.8 Å². The molecule has 1 heterocycles. The van der Waals surface area contributed by atoms with Crippen LogP contribution in [0.25, 0.3) is 0 Å². The fourth-order valence-electron chi connectivity index (χ4n) is 1.55. The van der Waals surface area contributed by atoms with Gasteiger partial charge in [0.05, 0.1) is 19.3 Å². The van der Waals surface area contributed by atoms with Crippen LogP contribution in [-0.2, 0) is 4.74 Å². The summed E-state index contributed by atoms with van der Waals surface area (Å²) in [6.07, 6.45) is 0. The first-order chi connectivity index (χ1) is 6.77. The van der Waals surface area contributed by atoms with E-state index in [1.54, 1.807) is 12.1 Å². The predicted molar refractivity (Wildman–Crippen MR) is 53.0 cm³/mol. The molecule has 76 valence electrons. The second-order valence-corrected chi connectivity index (χ2v) is 3.68. The van der Waals surface area contributed by atoms with Crippen LogP contribution in [0, 0.1) is 5.82 Å². The molecule has 1 fully saturated rings. The van der Waals surface area contributed by atoms with Gasteiger partial charge in [0.1, 0.15) is 5.82 Å². The molecule has 1 aliphatic rings. The lowest BCUT2D eigenvalue weighted by atomic mass is 10.1. The maximum absolute atomic E-state index is 13.4. The summed E-state index contributed by atoms with van der Waals surface area (Å²) in [5.41, 5.74) is 0.581. The zero-order chi connectivity index (χ0) is 9.97. The van der Waals surface area contributed by atoms with Gasteiger partial charge in [-0.3, -0.25) is 0 Å². The highest BCUT2D eigenvalue weighted by atomic mass is 35.5. The molecular weight excluding hydrogens is 205 g/mol. The highest BCUT2D eigenvalue weighted by Gasteiger charge is 2.18. The van der Waals surface area contributed by atoms with Gasteiger partial charge in [-0.2, -0.15) is 0 Å². The van der Waals surface area contributed by atoms with Crippen molar-refractivity contribution in [3.8, 4) is 0 Å². The molecule has 0 saturated carbocycles. The smallest absolute Gasteiger partial charge is 0.128 e. The van der Waals surface area contributed by atoms with Crippen LogP contribution in [0.1, 0.15) is 11.6 Å². The van der Waals surface area contributed by atoms with E-state index in [1.807, 2.05) is 0 Å². The van der Waals surface area contributed by atoms with Crippen molar-refractivity contribution in [2.45, 2.75) is 6.04 Å². The third kappa shape index (κ3) is 2.05. The van der Waals surface area contributed by atoms with Gasteiger partial charge in [0.2, 0.25) is 0 Å². The van der Waals surface area contributed by atoms with E-state index < -0.39 is 0 Å². The Morgan fingerprint density at radius 2 is 2.36 bits per heavy atom. The summed E-state index contributed by atoms with van der Waals surface area (Å²) in [5, 5.41) is 3.73. The Kier molecular flexibility index (Phi) is 3.01. The Morgan fingerprint density at radius 1 is 1.50 bits per heavy atom. The zero-order valence-corrected chi connectivity index (χ0v) is 8.35. The number of halogens is 2. The first kappa shape index (κ1) is 9.90. The fraction of sp³-hybridized carbons (Fsp3) is 0.400. The summed E-state index contributed by atoms with van der Waals surface area (Å²) in [7, 11) is 0. The number of nitrogens with one attached hydrogen (secondary N) is 1. The predicted octanol–water partition coefficient (Wildman–Crippen LogP) is 2.14. The number of rotatable bonds is 1. The Morgan fingerprint density at radius 3 is 3.07 bits per heavy atom. The van der Waals surface area contributed by atoms with Gasteiger partial charge in [-0.05, 0) is 18.2 Å². The molecule has 1 N–H and O–H groups in total. The Hall–Kier alpha value is -0.640. The van der Waals surface area contributed by atoms with Crippen molar-refractivity contribution in [3.05, 3.63) is 34.6 Å². The van der Waals surface area contributed by atoms with E-state index in [2.05, 4.69) is 5.32 Å². The number of morpholine rings is 1. The average molecular weight is 216 g/mol. The quantitative estimate of drug-likeness (QED) is 0.775. The van der Waals surface area contributed by atoms with Crippen molar-refractivity contribution in [2.24, 2.45) is 0 Å². The van der Waals surface area contributed by atoms with Crippen LogP contribution in [0.2, 0.25) is 5.02 Å². The van der Waals surface area contributed by atoms with Gasteiger partial charge < -0.3 is 10.1 Å². The van der Waals surface area contributed by atoms with Crippen LogP contribution in [0.15, 0.2) is 18.2 Å². The van der Waals surface area contributed by atoms with Crippen molar-refractivity contribution in [3.63, 3.8) is 0 Å². The fourth-order valence-corrected chi connectivity index (χ4v) is 1.73. The van der Waals surface area contributed by atoms with E-state index in [4.69, 9.17) is 16.3 Å². The topological polar surface area (TPSA) is 21.3 Å². The standard InChI is InChI=1S/C10H11ClFNO/c11-7-1-2-9(12)8(5-7)10-6-14-4-3-13-10/h1-2,5,10,13H,3-4,6H2. The minimum absolute atomic E-state index is 0.0811. The molecule has 2 nitrogen and oxygen atoms in total. The lowest BCUT2D eigenvalue weighted by Crippen LogP contribution is -2.35. The van der Waals surface area contributed by atoms with Crippen molar-refractivity contribution in [1.29, 1.82) is 0 Å². The molecular formula is C10H11ClFNO. The van der Waals surface area contributed by atoms with Gasteiger partial charge in [-0.15, -0.1) is 0 Å². The minimum atomic E-state index is -0.239. The summed E-state index contributed by atoms with van der Waals surface area (Å²) in [6.45, 7) is 1.92. The highest BCUT2D eigenvalue weighted by molar-refractivity contribution is 6.30. The zero-order valence-electron chi connectivity index (χ0n) is 7.59. The molecule has 0 radical (unpaired) electrons. The number of ether oxygens (including phenoxy) is 1. The normalized spacial score (nSPS) is 22.3. The number of hydrogen-bond donors (Lipinski definition) is 1. The van der Waals surface area contributed by atoms with Crippen molar-refractivity contribution in [2.75, 3.05) is 19.8 Å². The monoisotopic (exact) mass is 215 g/mol. The molecule has 0 amide bonds. The van der Waals surface area contributed by atoms with Gasteiger partial charge in [0.15, 0.2) is 0 Å². The van der Waals surface area contributed by atoms with Gasteiger partial charge in [-0.1, -0.05) is 11.6 Å². The molecule has 0 aromatic heterocycles. The Bertz CT molecular complexity index is 326. The summed E-state index contributed by atoms with van der Waals surface area (Å²) < 4.78 is 18.7. The van der Waals surface area contributed by atoms with Crippen LogP contribution in [-0.4, -0.2) is 19.8 Å². The lowest BCUT2D eigenvalue weighted by Gasteiger charge is -2.24. The molecule has 14 heavy (non-hydrogen) atoms. The van der Waals surface area contributed by atoms with Gasteiger partial charge >= 0.3 is 0 Å². The third-order valence-corrected chi connectivity index (χ3v) is 2.49. The van der Waals surface area contributed by atoms with Crippen molar-refractivity contribution < 1.29 is 9.13 Å². The molecule has 1 aromatic rings. The summed E-state index contributed by atoms with van der Waals surface area (Å²) in [5.74, 6) is -0.239. The molecule has 2 rings (SSSR count). The molecule has 1 aromatic carbocycles. The lowest BCUT2D eigenvalue weighted by molar-refractivity contribution is 0.0757. The van der Waals surface area contributed by atoms with Crippen LogP contribution >= 0.6 is 11.6 Å². The number of benzene rings is 1. The summed E-state index contributed by atoms with van der Waals surface area (Å²) >= 11 is 5.80. The molecule has 1 aliphatic heterocycles. The van der Waals surface area contributed by atoms with Crippen LogP contribution in [0.4, 0.5) is 4.39 Å².